The summed E-state index contributed by atoms with van der Waals surface area (Å²) in [5.74, 6) is -0.467. The molecule has 2 aromatic rings. The molecule has 0 aliphatic carbocycles. The molecule has 108 valence electrons. The minimum Gasteiger partial charge on any atom is -0.393 e. The van der Waals surface area contributed by atoms with Gasteiger partial charge in [0.2, 0.25) is 0 Å². The zero-order valence-electron chi connectivity index (χ0n) is 10.5. The molecule has 0 heterocycles. The summed E-state index contributed by atoms with van der Waals surface area (Å²) in [4.78, 5) is 22.4. The van der Waals surface area contributed by atoms with Gasteiger partial charge in [0, 0.05) is 20.6 Å². The van der Waals surface area contributed by atoms with Gasteiger partial charge >= 0.3 is 0 Å². The molecule has 0 unspecified atom stereocenters. The Kier molecular flexibility index (Phi) is 4.59. The van der Waals surface area contributed by atoms with Gasteiger partial charge in [-0.05, 0) is 56.1 Å². The van der Waals surface area contributed by atoms with Crippen LogP contribution in [0.2, 0.25) is 0 Å². The molecule has 2 aromatic carbocycles. The zero-order valence-corrected chi connectivity index (χ0v) is 13.6. The Balaban J connectivity index is 2.33. The van der Waals surface area contributed by atoms with Crippen LogP contribution in [0.5, 0.6) is 0 Å². The number of hydrogen-bond donors (Lipinski definition) is 2. The molecule has 8 heteroatoms. The molecule has 1 amide bonds. The van der Waals surface area contributed by atoms with Crippen molar-refractivity contribution in [2.75, 3.05) is 11.1 Å². The number of carbonyl (C=O) groups is 1. The van der Waals surface area contributed by atoms with Crippen molar-refractivity contribution >= 4 is 54.8 Å². The second-order valence-corrected chi connectivity index (χ2v) is 5.79. The van der Waals surface area contributed by atoms with E-state index in [1.165, 1.54) is 12.1 Å². The van der Waals surface area contributed by atoms with E-state index in [9.17, 15) is 14.9 Å². The highest BCUT2D eigenvalue weighted by molar-refractivity contribution is 9.11. The van der Waals surface area contributed by atoms with Crippen LogP contribution >= 0.6 is 31.9 Å². The fraction of sp³-hybridized carbons (Fsp3) is 0. The maximum atomic E-state index is 12.2. The van der Waals surface area contributed by atoms with Crippen LogP contribution in [0.1, 0.15) is 10.4 Å². The molecule has 0 saturated heterocycles. The minimum absolute atomic E-state index is 0.0126. The van der Waals surface area contributed by atoms with Gasteiger partial charge in [0.1, 0.15) is 5.69 Å². The molecule has 6 nitrogen and oxygen atoms in total. The predicted molar refractivity (Wildman–Crippen MR) is 87.3 cm³/mol. The molecule has 0 fully saturated rings. The summed E-state index contributed by atoms with van der Waals surface area (Å²) in [7, 11) is 0. The number of carbonyl (C=O) groups excluding carboxylic acids is 1. The number of nitrogens with one attached hydrogen (secondary N) is 1. The topological polar surface area (TPSA) is 98.3 Å². The van der Waals surface area contributed by atoms with Gasteiger partial charge in [0.15, 0.2) is 0 Å². The van der Waals surface area contributed by atoms with Crippen molar-refractivity contribution in [3.63, 3.8) is 0 Å². The number of nitro benzene ring substituents is 1. The first kappa shape index (κ1) is 15.5. The first-order chi connectivity index (χ1) is 9.90. The van der Waals surface area contributed by atoms with Crippen molar-refractivity contribution in [2.24, 2.45) is 0 Å². The third kappa shape index (κ3) is 3.40. The van der Waals surface area contributed by atoms with E-state index in [0.717, 1.165) is 6.07 Å². The van der Waals surface area contributed by atoms with E-state index in [1.807, 2.05) is 0 Å². The van der Waals surface area contributed by atoms with Gasteiger partial charge in [-0.25, -0.2) is 0 Å². The van der Waals surface area contributed by atoms with Crippen LogP contribution in [-0.4, -0.2) is 10.8 Å². The Morgan fingerprint density at radius 3 is 2.38 bits per heavy atom. The summed E-state index contributed by atoms with van der Waals surface area (Å²) >= 11 is 6.65. The quantitative estimate of drug-likeness (QED) is 0.451. The van der Waals surface area contributed by atoms with Crippen molar-refractivity contribution in [1.82, 2.24) is 0 Å². The monoisotopic (exact) mass is 413 g/mol. The first-order valence-electron chi connectivity index (χ1n) is 5.69. The third-order valence-corrected chi connectivity index (χ3v) is 4.01. The van der Waals surface area contributed by atoms with Crippen molar-refractivity contribution in [1.29, 1.82) is 0 Å². The molecule has 0 aliphatic heterocycles. The number of para-hydroxylation sites is 1. The van der Waals surface area contributed by atoms with Crippen LogP contribution in [0.25, 0.3) is 0 Å². The standard InChI is InChI=1S/C13H9Br2N3O3/c14-8-2-1-3-9(15)12(8)17-13(19)7-4-5-10(16)11(6-7)18(20)21/h1-6H,16H2,(H,17,19). The van der Waals surface area contributed by atoms with Crippen LogP contribution in [0.4, 0.5) is 17.1 Å². The second kappa shape index (κ2) is 6.23. The number of nitrogens with two attached hydrogens (primary N) is 1. The zero-order chi connectivity index (χ0) is 15.6. The highest BCUT2D eigenvalue weighted by Crippen LogP contribution is 2.31. The van der Waals surface area contributed by atoms with Crippen molar-refractivity contribution in [2.45, 2.75) is 0 Å². The molecular formula is C13H9Br2N3O3. The number of amides is 1. The van der Waals surface area contributed by atoms with Crippen molar-refractivity contribution in [3.05, 3.63) is 61.0 Å². The molecule has 0 aromatic heterocycles. The largest absolute Gasteiger partial charge is 0.393 e. The summed E-state index contributed by atoms with van der Waals surface area (Å²) in [6.07, 6.45) is 0. The first-order valence-corrected chi connectivity index (χ1v) is 7.28. The summed E-state index contributed by atoms with van der Waals surface area (Å²) < 4.78 is 1.38. The van der Waals surface area contributed by atoms with E-state index in [-0.39, 0.29) is 16.9 Å². The maximum absolute atomic E-state index is 12.2. The molecule has 0 radical (unpaired) electrons. The fourth-order valence-electron chi connectivity index (χ4n) is 1.65. The number of anilines is 2. The Morgan fingerprint density at radius 2 is 1.81 bits per heavy atom. The smallest absolute Gasteiger partial charge is 0.292 e. The maximum Gasteiger partial charge on any atom is 0.292 e. The number of benzene rings is 2. The average Bonchev–Trinajstić information content (AvgIpc) is 2.43. The van der Waals surface area contributed by atoms with Gasteiger partial charge in [-0.3, -0.25) is 14.9 Å². The van der Waals surface area contributed by atoms with Gasteiger partial charge in [-0.2, -0.15) is 0 Å². The van der Waals surface area contributed by atoms with Gasteiger partial charge < -0.3 is 11.1 Å². The second-order valence-electron chi connectivity index (χ2n) is 4.08. The molecule has 2 rings (SSSR count). The highest BCUT2D eigenvalue weighted by Gasteiger charge is 2.17. The number of nitro groups is 1. The Labute approximate surface area is 136 Å². The Hall–Kier alpha value is -1.93. The third-order valence-electron chi connectivity index (χ3n) is 2.69. The number of nitrogens with zero attached hydrogens (tertiary/aromatic N) is 1. The molecule has 0 atom stereocenters. The molecule has 0 saturated carbocycles. The van der Waals surface area contributed by atoms with Crippen LogP contribution < -0.4 is 11.1 Å². The van der Waals surface area contributed by atoms with E-state index in [0.29, 0.717) is 14.6 Å². The molecule has 3 N–H and O–H groups in total. The van der Waals surface area contributed by atoms with Gasteiger partial charge in [0.05, 0.1) is 10.6 Å². The number of hydrogen-bond acceptors (Lipinski definition) is 4. The Bertz CT molecular complexity index is 714. The van der Waals surface area contributed by atoms with Gasteiger partial charge in [0.25, 0.3) is 11.6 Å². The highest BCUT2D eigenvalue weighted by atomic mass is 79.9. The number of halogens is 2. The average molecular weight is 415 g/mol. The predicted octanol–water partition coefficient (Wildman–Crippen LogP) is 3.95. The van der Waals surface area contributed by atoms with Crippen LogP contribution in [0.15, 0.2) is 45.3 Å². The summed E-state index contributed by atoms with van der Waals surface area (Å²) in [6.45, 7) is 0. The lowest BCUT2D eigenvalue weighted by Crippen LogP contribution is -2.13. The van der Waals surface area contributed by atoms with Gasteiger partial charge in [-0.15, -0.1) is 0 Å². The molecule has 0 spiro atoms. The summed E-state index contributed by atoms with van der Waals surface area (Å²) in [5.41, 5.74) is 5.91. The molecule has 0 aliphatic rings. The van der Waals surface area contributed by atoms with Crippen LogP contribution in [0.3, 0.4) is 0 Å². The molecule has 21 heavy (non-hydrogen) atoms. The van der Waals surface area contributed by atoms with Crippen LogP contribution in [-0.2, 0) is 0 Å². The van der Waals surface area contributed by atoms with E-state index in [2.05, 4.69) is 37.2 Å². The van der Waals surface area contributed by atoms with Crippen LogP contribution in [0, 0.1) is 10.1 Å². The SMILES string of the molecule is Nc1ccc(C(=O)Nc2c(Br)cccc2Br)cc1[N+](=O)[O-]. The molecule has 0 bridgehead atoms. The number of nitrogen functional groups attached to an aromatic ring is 1. The van der Waals surface area contributed by atoms with Crippen molar-refractivity contribution < 1.29 is 9.72 Å². The summed E-state index contributed by atoms with van der Waals surface area (Å²) in [6, 6.07) is 9.26. The Morgan fingerprint density at radius 1 is 1.19 bits per heavy atom. The van der Waals surface area contributed by atoms with Gasteiger partial charge in [-0.1, -0.05) is 6.07 Å². The normalized spacial score (nSPS) is 10.2. The lowest BCUT2D eigenvalue weighted by atomic mass is 10.1. The van der Waals surface area contributed by atoms with Crippen molar-refractivity contribution in [3.8, 4) is 0 Å². The van der Waals surface area contributed by atoms with E-state index in [4.69, 9.17) is 5.73 Å². The number of rotatable bonds is 3. The van der Waals surface area contributed by atoms with E-state index >= 15 is 0 Å². The lowest BCUT2D eigenvalue weighted by Gasteiger charge is -2.09. The van der Waals surface area contributed by atoms with E-state index < -0.39 is 10.8 Å². The van der Waals surface area contributed by atoms with E-state index in [1.54, 1.807) is 18.2 Å². The summed E-state index contributed by atoms with van der Waals surface area (Å²) in [5, 5.41) is 13.5. The minimum atomic E-state index is -0.625. The lowest BCUT2D eigenvalue weighted by molar-refractivity contribution is -0.383. The fourth-order valence-corrected chi connectivity index (χ4v) is 2.84. The molecular weight excluding hydrogens is 406 g/mol.